The van der Waals surface area contributed by atoms with Crippen LogP contribution in [0.25, 0.3) is 0 Å². The number of benzene rings is 1. The van der Waals surface area contributed by atoms with Gasteiger partial charge in [0.25, 0.3) is 0 Å². The molecule has 1 aromatic rings. The summed E-state index contributed by atoms with van der Waals surface area (Å²) in [5.41, 5.74) is 2.22. The van der Waals surface area contributed by atoms with Crippen molar-refractivity contribution in [1.29, 1.82) is 0 Å². The Morgan fingerprint density at radius 2 is 2.20 bits per heavy atom. The van der Waals surface area contributed by atoms with Crippen molar-refractivity contribution in [3.63, 3.8) is 0 Å². The van der Waals surface area contributed by atoms with Gasteiger partial charge in [0.2, 0.25) is 0 Å². The molecule has 0 radical (unpaired) electrons. The molecule has 0 amide bonds. The quantitative estimate of drug-likeness (QED) is 0.781. The van der Waals surface area contributed by atoms with Crippen molar-refractivity contribution in [3.05, 3.63) is 34.9 Å². The van der Waals surface area contributed by atoms with Crippen LogP contribution in [-0.2, 0) is 21.4 Å². The van der Waals surface area contributed by atoms with Gasteiger partial charge < -0.3 is 14.6 Å². The molecular weight excluding hydrogens is 378 g/mol. The Bertz CT molecular complexity index is 1110. The third kappa shape index (κ3) is 1.32. The number of phenols is 1. The number of carbonyl (C=O) groups is 1. The molecule has 6 atom stereocenters. The number of hydrogen-bond donors (Lipinski definition) is 1. The molecule has 1 aromatic carbocycles. The van der Waals surface area contributed by atoms with Crippen LogP contribution in [0.4, 0.5) is 0 Å². The molecule has 6 aliphatic carbocycles. The summed E-state index contributed by atoms with van der Waals surface area (Å²) >= 11 is 0. The van der Waals surface area contributed by atoms with E-state index < -0.39 is 11.0 Å². The third-order valence-electron chi connectivity index (χ3n) is 10.3. The fraction of sp³-hybridized carbons (Fsp3) is 0.640. The number of methoxy groups -OCH3 is 1. The molecule has 30 heavy (non-hydrogen) atoms. The van der Waals surface area contributed by atoms with Crippen molar-refractivity contribution in [3.8, 4) is 11.5 Å². The van der Waals surface area contributed by atoms with Gasteiger partial charge in [0, 0.05) is 30.7 Å². The van der Waals surface area contributed by atoms with E-state index in [1.54, 1.807) is 20.1 Å². The molecular formula is C25H27NO4. The Hall–Kier alpha value is -1.85. The first kappa shape index (κ1) is 16.8. The Kier molecular flexibility index (Phi) is 2.53. The van der Waals surface area contributed by atoms with Crippen molar-refractivity contribution in [2.75, 3.05) is 20.2 Å². The Labute approximate surface area is 176 Å². The van der Waals surface area contributed by atoms with Crippen LogP contribution in [0.5, 0.6) is 11.5 Å². The molecule has 5 nitrogen and oxygen atoms in total. The van der Waals surface area contributed by atoms with Crippen LogP contribution < -0.4 is 4.74 Å². The lowest BCUT2D eigenvalue weighted by molar-refractivity contribution is -0.179. The fourth-order valence-corrected chi connectivity index (χ4v) is 9.12. The number of hydrogen-bond acceptors (Lipinski definition) is 5. The predicted octanol–water partition coefficient (Wildman–Crippen LogP) is 2.74. The van der Waals surface area contributed by atoms with E-state index in [0.29, 0.717) is 11.8 Å². The highest BCUT2D eigenvalue weighted by Gasteiger charge is 2.95. The summed E-state index contributed by atoms with van der Waals surface area (Å²) in [6, 6.07) is 4.31. The van der Waals surface area contributed by atoms with Gasteiger partial charge in [-0.15, -0.1) is 0 Å². The van der Waals surface area contributed by atoms with E-state index in [4.69, 9.17) is 9.47 Å². The van der Waals surface area contributed by atoms with Crippen LogP contribution in [0, 0.1) is 16.7 Å². The van der Waals surface area contributed by atoms with E-state index in [2.05, 4.69) is 17.0 Å². The number of Topliss-reactive ketones (excluding diaryl/α,β-unsaturated/α-hetero) is 1. The Morgan fingerprint density at radius 1 is 1.37 bits per heavy atom. The molecule has 2 spiro atoms. The van der Waals surface area contributed by atoms with Gasteiger partial charge in [0.1, 0.15) is 17.5 Å². The van der Waals surface area contributed by atoms with Crippen molar-refractivity contribution in [2.24, 2.45) is 16.7 Å². The lowest BCUT2D eigenvalue weighted by Crippen LogP contribution is -2.75. The average molecular weight is 405 g/mol. The van der Waals surface area contributed by atoms with Crippen molar-refractivity contribution >= 4 is 5.78 Å². The van der Waals surface area contributed by atoms with Gasteiger partial charge in [-0.3, -0.25) is 9.69 Å². The molecule has 2 aliphatic heterocycles. The summed E-state index contributed by atoms with van der Waals surface area (Å²) in [5, 5.41) is 10.8. The van der Waals surface area contributed by atoms with Crippen molar-refractivity contribution < 1.29 is 19.4 Å². The predicted molar refractivity (Wildman–Crippen MR) is 109 cm³/mol. The number of likely N-dealkylation sites (tertiary alicyclic amines) is 1. The summed E-state index contributed by atoms with van der Waals surface area (Å²) < 4.78 is 12.9. The largest absolute Gasteiger partial charge is 0.504 e. The van der Waals surface area contributed by atoms with E-state index in [1.165, 1.54) is 36.1 Å². The van der Waals surface area contributed by atoms with Crippen LogP contribution in [-0.4, -0.2) is 53.7 Å². The topological polar surface area (TPSA) is 59.0 Å². The minimum Gasteiger partial charge on any atom is -0.504 e. The highest BCUT2D eigenvalue weighted by Crippen LogP contribution is 2.88. The molecule has 1 saturated heterocycles. The van der Waals surface area contributed by atoms with Gasteiger partial charge in [-0.2, -0.15) is 0 Å². The molecule has 3 saturated carbocycles. The number of piperidine rings is 1. The molecule has 156 valence electrons. The fourth-order valence-electron chi connectivity index (χ4n) is 9.12. The Balaban J connectivity index is 1.43. The van der Waals surface area contributed by atoms with Crippen LogP contribution in [0.1, 0.15) is 43.7 Å². The number of aromatic hydroxyl groups is 1. The second kappa shape index (κ2) is 4.51. The maximum Gasteiger partial charge on any atom is 0.165 e. The number of ketones is 1. The number of rotatable bonds is 4. The van der Waals surface area contributed by atoms with Gasteiger partial charge in [0.15, 0.2) is 11.5 Å². The maximum absolute atomic E-state index is 13.1. The van der Waals surface area contributed by atoms with Crippen LogP contribution in [0.15, 0.2) is 23.8 Å². The summed E-state index contributed by atoms with van der Waals surface area (Å²) in [6.45, 7) is 3.98. The number of ether oxygens (including phenoxy) is 2. The van der Waals surface area contributed by atoms with Gasteiger partial charge in [-0.25, -0.2) is 0 Å². The lowest BCUT2D eigenvalue weighted by Gasteiger charge is -2.66. The first-order valence-corrected chi connectivity index (χ1v) is 11.5. The molecule has 8 aliphatic rings. The standard InChI is InChI=1S/C25H27NO4/c1-13(27)24-12-22-10-17(24)25(24,29-2)21-23(22)7-8-26(11-14-3-4-14)18(22)9-15-5-6-16(28)20(30-21)19(15)23/h5-6,10,14,18,21,28H,3-4,7-9,11-12H2,1-2H3/t18-,21-,22-,23+,24+,25+/m1/s1. The minimum atomic E-state index is -0.663. The van der Waals surface area contributed by atoms with E-state index in [0.717, 1.165) is 31.7 Å². The molecule has 6 bridgehead atoms. The molecule has 0 aromatic heterocycles. The average Bonchev–Trinajstić information content (AvgIpc) is 3.56. The van der Waals surface area contributed by atoms with Gasteiger partial charge in [0.05, 0.1) is 10.8 Å². The highest BCUT2D eigenvalue weighted by atomic mass is 16.6. The second-order valence-electron chi connectivity index (χ2n) is 11.0. The number of carbonyl (C=O) groups excluding carboxylic acids is 1. The van der Waals surface area contributed by atoms with Crippen LogP contribution in [0.2, 0.25) is 0 Å². The summed E-state index contributed by atoms with van der Waals surface area (Å²) in [5.74, 6) is 1.95. The van der Waals surface area contributed by atoms with E-state index in [1.807, 2.05) is 0 Å². The zero-order valence-corrected chi connectivity index (χ0v) is 17.5. The van der Waals surface area contributed by atoms with Crippen LogP contribution in [0.3, 0.4) is 0 Å². The molecule has 5 heteroatoms. The number of phenolic OH excluding ortho intramolecular Hbond substituents is 1. The second-order valence-corrected chi connectivity index (χ2v) is 11.0. The molecule has 9 rings (SSSR count). The van der Waals surface area contributed by atoms with Crippen LogP contribution >= 0.6 is 0 Å². The monoisotopic (exact) mass is 405 g/mol. The first-order valence-electron chi connectivity index (χ1n) is 11.5. The molecule has 2 heterocycles. The molecule has 0 unspecified atom stereocenters. The first-order chi connectivity index (χ1) is 14.5. The molecule has 4 fully saturated rings. The normalized spacial score (nSPS) is 48.1. The SMILES string of the molecule is CO[C@]12C3=C[C@@]4(C[C@]31C(C)=O)[C@H]1Cc3ccc(O)c5c3[C@@]4(CCN1CC1CC1)[C@H]2O5. The zero-order valence-electron chi connectivity index (χ0n) is 17.5. The molecule has 1 N–H and O–H groups in total. The lowest BCUT2D eigenvalue weighted by atomic mass is 9.41. The zero-order chi connectivity index (χ0) is 20.3. The van der Waals surface area contributed by atoms with Crippen molar-refractivity contribution in [1.82, 2.24) is 4.90 Å². The minimum absolute atomic E-state index is 0.0991. The van der Waals surface area contributed by atoms with E-state index in [-0.39, 0.29) is 28.5 Å². The highest BCUT2D eigenvalue weighted by molar-refractivity contribution is 5.99. The third-order valence-corrected chi connectivity index (χ3v) is 10.3. The van der Waals surface area contributed by atoms with Gasteiger partial charge in [-0.1, -0.05) is 12.1 Å². The summed E-state index contributed by atoms with van der Waals surface area (Å²) in [4.78, 5) is 15.9. The number of nitrogens with zero attached hydrogens (tertiary/aromatic N) is 1. The van der Waals surface area contributed by atoms with E-state index in [9.17, 15) is 9.90 Å². The smallest absolute Gasteiger partial charge is 0.165 e. The van der Waals surface area contributed by atoms with Gasteiger partial charge in [-0.05, 0) is 68.7 Å². The van der Waals surface area contributed by atoms with E-state index >= 15 is 0 Å². The van der Waals surface area contributed by atoms with Crippen molar-refractivity contribution in [2.45, 2.75) is 62.2 Å². The van der Waals surface area contributed by atoms with Gasteiger partial charge >= 0.3 is 0 Å². The summed E-state index contributed by atoms with van der Waals surface area (Å²) in [7, 11) is 1.74. The summed E-state index contributed by atoms with van der Waals surface area (Å²) in [6.07, 6.45) is 7.79. The maximum atomic E-state index is 13.1. The Morgan fingerprint density at radius 3 is 2.90 bits per heavy atom.